The van der Waals surface area contributed by atoms with Crippen LogP contribution in [0.5, 0.6) is 0 Å². The van der Waals surface area contributed by atoms with Gasteiger partial charge >= 0.3 is 5.97 Å². The molecule has 1 aromatic carbocycles. The number of likely N-dealkylation sites (N-methyl/N-ethyl adjacent to an activating group) is 1. The molecule has 13 nitrogen and oxygen atoms in total. The third-order valence-electron chi connectivity index (χ3n) is 7.09. The maximum absolute atomic E-state index is 13.6. The second kappa shape index (κ2) is 14.0. The van der Waals surface area contributed by atoms with Crippen molar-refractivity contribution < 1.29 is 33.9 Å². The SMILES string of the molecule is CC(C)C[C@@H]1NC(=O)[C@H](C(C)C)NC(=O)CN(C)C(=O)[C@H](CC(=O)O)NC(=O)[C@@H](Cc2c[nH]c3ccccc23)NC1=O. The molecule has 2 aromatic rings. The Balaban J connectivity index is 2.05. The summed E-state index contributed by atoms with van der Waals surface area (Å²) in [6, 6.07) is 2.64. The van der Waals surface area contributed by atoms with Gasteiger partial charge in [0.05, 0.1) is 13.0 Å². The fraction of sp³-hybridized carbons (Fsp3) is 0.517. The Morgan fingerprint density at radius 2 is 1.52 bits per heavy atom. The number of para-hydroxylation sites is 1. The number of rotatable bonds is 7. The fourth-order valence-corrected chi connectivity index (χ4v) is 4.93. The van der Waals surface area contributed by atoms with E-state index in [2.05, 4.69) is 26.3 Å². The van der Waals surface area contributed by atoms with Crippen molar-refractivity contribution in [1.82, 2.24) is 31.2 Å². The molecule has 1 saturated heterocycles. The van der Waals surface area contributed by atoms with Gasteiger partial charge in [0.15, 0.2) is 0 Å². The Morgan fingerprint density at radius 3 is 2.17 bits per heavy atom. The molecule has 42 heavy (non-hydrogen) atoms. The number of benzene rings is 1. The maximum atomic E-state index is 13.6. The van der Waals surface area contributed by atoms with Crippen molar-refractivity contribution in [3.63, 3.8) is 0 Å². The molecule has 228 valence electrons. The van der Waals surface area contributed by atoms with Crippen molar-refractivity contribution in [1.29, 1.82) is 0 Å². The van der Waals surface area contributed by atoms with Crippen LogP contribution in [0.4, 0.5) is 0 Å². The second-order valence-corrected chi connectivity index (χ2v) is 11.5. The molecule has 2 heterocycles. The number of aliphatic carboxylic acids is 1. The van der Waals surface area contributed by atoms with E-state index in [9.17, 15) is 33.9 Å². The molecule has 0 unspecified atom stereocenters. The first-order chi connectivity index (χ1) is 19.8. The van der Waals surface area contributed by atoms with Crippen LogP contribution in [0.3, 0.4) is 0 Å². The van der Waals surface area contributed by atoms with Crippen LogP contribution < -0.4 is 21.3 Å². The molecule has 1 aromatic heterocycles. The van der Waals surface area contributed by atoms with Gasteiger partial charge in [0.2, 0.25) is 29.5 Å². The number of nitrogens with one attached hydrogen (secondary N) is 5. The maximum Gasteiger partial charge on any atom is 0.305 e. The van der Waals surface area contributed by atoms with Crippen LogP contribution in [0.2, 0.25) is 0 Å². The number of carbonyl (C=O) groups is 6. The standard InChI is InChI=1S/C29H40N6O7/c1-15(2)10-20-26(39)31-21(11-17-13-30-19-9-7-6-8-18(17)19)27(40)33-22(12-24(37)38)29(42)35(5)14-23(36)34-25(16(3)4)28(41)32-20/h6-9,13,15-16,20-22,25,30H,10-12,14H2,1-5H3,(H,31,39)(H,32,41)(H,33,40)(H,34,36)(H,37,38)/t20-,21+,22-,25-/m0/s1. The van der Waals surface area contributed by atoms with Gasteiger partial charge in [-0.05, 0) is 29.9 Å². The highest BCUT2D eigenvalue weighted by Gasteiger charge is 2.35. The van der Waals surface area contributed by atoms with E-state index in [1.807, 2.05) is 38.1 Å². The van der Waals surface area contributed by atoms with Crippen molar-refractivity contribution in [2.24, 2.45) is 11.8 Å². The van der Waals surface area contributed by atoms with Crippen molar-refractivity contribution >= 4 is 46.4 Å². The summed E-state index contributed by atoms with van der Waals surface area (Å²) in [5.41, 5.74) is 1.53. The molecule has 1 fully saturated rings. The lowest BCUT2D eigenvalue weighted by molar-refractivity contribution is -0.144. The molecular formula is C29H40N6O7. The van der Waals surface area contributed by atoms with Crippen LogP contribution in [-0.4, -0.2) is 88.3 Å². The van der Waals surface area contributed by atoms with Crippen LogP contribution in [0, 0.1) is 11.8 Å². The number of hydrogen-bond acceptors (Lipinski definition) is 6. The van der Waals surface area contributed by atoms with Crippen LogP contribution in [0.25, 0.3) is 10.9 Å². The number of aromatic amines is 1. The van der Waals surface area contributed by atoms with E-state index in [1.54, 1.807) is 20.0 Å². The quantitative estimate of drug-likeness (QED) is 0.270. The third kappa shape index (κ3) is 8.30. The molecule has 1 aliphatic heterocycles. The zero-order valence-electron chi connectivity index (χ0n) is 24.5. The molecule has 0 saturated carbocycles. The fourth-order valence-electron chi connectivity index (χ4n) is 4.93. The van der Waals surface area contributed by atoms with E-state index in [1.165, 1.54) is 7.05 Å². The summed E-state index contributed by atoms with van der Waals surface area (Å²) in [6.07, 6.45) is 1.24. The largest absolute Gasteiger partial charge is 0.481 e. The van der Waals surface area contributed by atoms with Gasteiger partial charge in [-0.1, -0.05) is 45.9 Å². The Labute approximate surface area is 244 Å². The summed E-state index contributed by atoms with van der Waals surface area (Å²) < 4.78 is 0. The average Bonchev–Trinajstić information content (AvgIpc) is 3.31. The normalized spacial score (nSPS) is 23.2. The smallest absolute Gasteiger partial charge is 0.305 e. The topological polar surface area (TPSA) is 190 Å². The molecule has 3 rings (SSSR count). The molecule has 0 bridgehead atoms. The average molecular weight is 585 g/mol. The van der Waals surface area contributed by atoms with Gasteiger partial charge < -0.3 is 36.3 Å². The van der Waals surface area contributed by atoms with E-state index >= 15 is 0 Å². The Kier molecular flexibility index (Phi) is 10.7. The van der Waals surface area contributed by atoms with Gasteiger partial charge in [0.25, 0.3) is 0 Å². The van der Waals surface area contributed by atoms with E-state index in [0.717, 1.165) is 15.8 Å². The van der Waals surface area contributed by atoms with Crippen molar-refractivity contribution in [3.8, 4) is 0 Å². The summed E-state index contributed by atoms with van der Waals surface area (Å²) in [5, 5.41) is 20.9. The predicted octanol–water partition coefficient (Wildman–Crippen LogP) is 0.298. The minimum Gasteiger partial charge on any atom is -0.481 e. The highest BCUT2D eigenvalue weighted by Crippen LogP contribution is 2.20. The van der Waals surface area contributed by atoms with Crippen LogP contribution >= 0.6 is 0 Å². The van der Waals surface area contributed by atoms with Crippen molar-refractivity contribution in [2.75, 3.05) is 13.6 Å². The highest BCUT2D eigenvalue weighted by molar-refractivity contribution is 5.98. The summed E-state index contributed by atoms with van der Waals surface area (Å²) in [6.45, 7) is 6.74. The second-order valence-electron chi connectivity index (χ2n) is 11.5. The van der Waals surface area contributed by atoms with Crippen LogP contribution in [0.1, 0.15) is 46.1 Å². The molecule has 0 spiro atoms. The minimum absolute atomic E-state index is 0.0117. The number of aromatic nitrogens is 1. The number of H-pyrrole nitrogens is 1. The summed E-state index contributed by atoms with van der Waals surface area (Å²) >= 11 is 0. The van der Waals surface area contributed by atoms with Gasteiger partial charge in [-0.25, -0.2) is 0 Å². The van der Waals surface area contributed by atoms with E-state index in [4.69, 9.17) is 0 Å². The lowest BCUT2D eigenvalue weighted by Crippen LogP contribution is -2.58. The zero-order valence-corrected chi connectivity index (χ0v) is 24.5. The first-order valence-corrected chi connectivity index (χ1v) is 14.0. The zero-order chi connectivity index (χ0) is 31.1. The molecule has 13 heteroatoms. The number of carboxylic acids is 1. The van der Waals surface area contributed by atoms with Gasteiger partial charge in [0, 0.05) is 30.6 Å². The number of carbonyl (C=O) groups excluding carboxylic acids is 5. The number of carboxylic acid groups (broad SMARTS) is 1. The van der Waals surface area contributed by atoms with Gasteiger partial charge in [-0.2, -0.15) is 0 Å². The summed E-state index contributed by atoms with van der Waals surface area (Å²) in [4.78, 5) is 82.4. The Hall–Kier alpha value is -4.42. The van der Waals surface area contributed by atoms with Crippen LogP contribution in [-0.2, 0) is 35.2 Å². The van der Waals surface area contributed by atoms with Gasteiger partial charge in [0.1, 0.15) is 24.2 Å². The van der Waals surface area contributed by atoms with E-state index < -0.39 is 72.6 Å². The van der Waals surface area contributed by atoms with Crippen molar-refractivity contribution in [2.45, 2.75) is 71.1 Å². The molecule has 6 N–H and O–H groups in total. The monoisotopic (exact) mass is 584 g/mol. The number of amides is 5. The lowest BCUT2D eigenvalue weighted by atomic mass is 9.99. The number of hydrogen-bond donors (Lipinski definition) is 6. The third-order valence-corrected chi connectivity index (χ3v) is 7.09. The van der Waals surface area contributed by atoms with Gasteiger partial charge in [-0.3, -0.25) is 28.8 Å². The van der Waals surface area contributed by atoms with Gasteiger partial charge in [-0.15, -0.1) is 0 Å². The Morgan fingerprint density at radius 1 is 0.905 bits per heavy atom. The predicted molar refractivity (Wildman–Crippen MR) is 154 cm³/mol. The number of nitrogens with zero attached hydrogens (tertiary/aromatic N) is 1. The molecule has 0 radical (unpaired) electrons. The molecular weight excluding hydrogens is 544 g/mol. The van der Waals surface area contributed by atoms with E-state index in [0.29, 0.717) is 5.56 Å². The molecule has 5 amide bonds. The molecule has 0 aliphatic carbocycles. The highest BCUT2D eigenvalue weighted by atomic mass is 16.4. The number of fused-ring (bicyclic) bond motifs is 1. The van der Waals surface area contributed by atoms with Crippen molar-refractivity contribution in [3.05, 3.63) is 36.0 Å². The van der Waals surface area contributed by atoms with E-state index in [-0.39, 0.29) is 24.7 Å². The Bertz CT molecular complexity index is 1340. The first-order valence-electron chi connectivity index (χ1n) is 14.0. The summed E-state index contributed by atoms with van der Waals surface area (Å²) in [7, 11) is 1.30. The van der Waals surface area contributed by atoms with Crippen LogP contribution in [0.15, 0.2) is 30.5 Å². The molecule has 4 atom stereocenters. The lowest BCUT2D eigenvalue weighted by Gasteiger charge is -2.27. The first kappa shape index (κ1) is 32.1. The molecule has 1 aliphatic rings. The summed E-state index contributed by atoms with van der Waals surface area (Å²) in [5.74, 6) is -5.16. The minimum atomic E-state index is -1.51.